The average molecular weight is 265 g/mol. The van der Waals surface area contributed by atoms with Crippen molar-refractivity contribution in [3.05, 3.63) is 30.2 Å². The van der Waals surface area contributed by atoms with Crippen molar-refractivity contribution < 1.29 is 4.42 Å². The molecule has 0 unspecified atom stereocenters. The Morgan fingerprint density at radius 1 is 1.39 bits per heavy atom. The van der Waals surface area contributed by atoms with Crippen molar-refractivity contribution in [3.63, 3.8) is 0 Å². The number of furan rings is 1. The molecule has 18 heavy (non-hydrogen) atoms. The molecule has 0 aliphatic carbocycles. The number of nitrogen functional groups attached to an aromatic ring is 1. The lowest BCUT2D eigenvalue weighted by Crippen LogP contribution is -2.12. The van der Waals surface area contributed by atoms with E-state index in [1.54, 1.807) is 12.3 Å². The van der Waals surface area contributed by atoms with Gasteiger partial charge in [0.05, 0.1) is 6.26 Å². The van der Waals surface area contributed by atoms with Gasteiger partial charge in [-0.05, 0) is 18.4 Å². The number of rotatable bonds is 6. The van der Waals surface area contributed by atoms with E-state index in [-0.39, 0.29) is 0 Å². The summed E-state index contributed by atoms with van der Waals surface area (Å²) in [6, 6.07) is 5.59. The van der Waals surface area contributed by atoms with Gasteiger partial charge in [0.2, 0.25) is 0 Å². The number of hydrogen-bond donors (Lipinski definition) is 3. The highest BCUT2D eigenvalue weighted by Gasteiger charge is 2.03. The minimum atomic E-state index is 0.592. The molecule has 0 aromatic carbocycles. The van der Waals surface area contributed by atoms with Crippen LogP contribution in [0.4, 0.5) is 11.6 Å². The molecule has 2 rings (SSSR count). The Kier molecular flexibility index (Phi) is 4.43. The first-order chi connectivity index (χ1) is 8.81. The molecule has 6 nitrogen and oxygen atoms in total. The van der Waals surface area contributed by atoms with E-state index in [2.05, 4.69) is 20.7 Å². The largest absolute Gasteiger partial charge is 0.469 e. The highest BCUT2D eigenvalue weighted by Crippen LogP contribution is 2.16. The van der Waals surface area contributed by atoms with Crippen LogP contribution in [0.15, 0.2) is 34.0 Å². The van der Waals surface area contributed by atoms with Crippen molar-refractivity contribution >= 4 is 23.4 Å². The summed E-state index contributed by atoms with van der Waals surface area (Å²) in [6.07, 6.45) is 4.39. The lowest BCUT2D eigenvalue weighted by atomic mass is 10.3. The molecule has 0 bridgehead atoms. The van der Waals surface area contributed by atoms with Crippen LogP contribution >= 0.6 is 11.8 Å². The van der Waals surface area contributed by atoms with Crippen LogP contribution < -0.4 is 16.6 Å². The molecule has 0 spiro atoms. The number of anilines is 2. The quantitative estimate of drug-likeness (QED) is 0.317. The standard InChI is InChI=1S/C11H15N5OS/c1-18-11-14-9(7-10(15-11)16-12)13-5-4-8-3-2-6-17-8/h2-3,6-7H,4-5,12H2,1H3,(H2,13,14,15,16). The maximum Gasteiger partial charge on any atom is 0.191 e. The number of nitrogens with zero attached hydrogens (tertiary/aromatic N) is 2. The summed E-state index contributed by atoms with van der Waals surface area (Å²) in [6.45, 7) is 0.738. The summed E-state index contributed by atoms with van der Waals surface area (Å²) < 4.78 is 5.25. The minimum Gasteiger partial charge on any atom is -0.469 e. The second kappa shape index (κ2) is 6.27. The molecule has 2 aromatic heterocycles. The number of hydrogen-bond acceptors (Lipinski definition) is 7. The van der Waals surface area contributed by atoms with Crippen LogP contribution in [0.5, 0.6) is 0 Å². The van der Waals surface area contributed by atoms with E-state index < -0.39 is 0 Å². The molecule has 2 heterocycles. The molecular formula is C11H15N5OS. The number of aromatic nitrogens is 2. The van der Waals surface area contributed by atoms with Crippen LogP contribution in [0.1, 0.15) is 5.76 Å². The van der Waals surface area contributed by atoms with Crippen LogP contribution in [0.25, 0.3) is 0 Å². The zero-order valence-electron chi connectivity index (χ0n) is 10.0. The predicted octanol–water partition coefficient (Wildman–Crippen LogP) is 1.73. The monoisotopic (exact) mass is 265 g/mol. The molecule has 4 N–H and O–H groups in total. The van der Waals surface area contributed by atoms with Gasteiger partial charge in [-0.3, -0.25) is 0 Å². The van der Waals surface area contributed by atoms with Gasteiger partial charge >= 0.3 is 0 Å². The Hall–Kier alpha value is -1.73. The van der Waals surface area contributed by atoms with Crippen molar-refractivity contribution in [1.82, 2.24) is 9.97 Å². The van der Waals surface area contributed by atoms with E-state index in [0.29, 0.717) is 11.0 Å². The zero-order valence-corrected chi connectivity index (χ0v) is 10.8. The first-order valence-electron chi connectivity index (χ1n) is 5.48. The van der Waals surface area contributed by atoms with Gasteiger partial charge in [-0.15, -0.1) is 0 Å². The molecule has 2 aromatic rings. The lowest BCUT2D eigenvalue weighted by Gasteiger charge is -2.07. The van der Waals surface area contributed by atoms with Crippen LogP contribution in [-0.4, -0.2) is 22.8 Å². The molecule has 0 saturated heterocycles. The van der Waals surface area contributed by atoms with Crippen molar-refractivity contribution in [2.24, 2.45) is 5.84 Å². The Morgan fingerprint density at radius 3 is 2.89 bits per heavy atom. The topological polar surface area (TPSA) is 89.0 Å². The Balaban J connectivity index is 1.95. The molecule has 0 aliphatic heterocycles. The molecule has 0 saturated carbocycles. The average Bonchev–Trinajstić information content (AvgIpc) is 2.91. The van der Waals surface area contributed by atoms with Gasteiger partial charge in [0, 0.05) is 19.0 Å². The van der Waals surface area contributed by atoms with E-state index >= 15 is 0 Å². The zero-order chi connectivity index (χ0) is 12.8. The van der Waals surface area contributed by atoms with Gasteiger partial charge in [0.1, 0.15) is 17.4 Å². The first-order valence-corrected chi connectivity index (χ1v) is 6.70. The summed E-state index contributed by atoms with van der Waals surface area (Å²) in [4.78, 5) is 8.52. The van der Waals surface area contributed by atoms with Crippen LogP contribution in [0.2, 0.25) is 0 Å². The van der Waals surface area contributed by atoms with Gasteiger partial charge in [-0.2, -0.15) is 0 Å². The Bertz CT molecular complexity index is 466. The third kappa shape index (κ3) is 3.38. The normalized spacial score (nSPS) is 10.3. The molecule has 0 radical (unpaired) electrons. The number of nitrogens with two attached hydrogens (primary N) is 1. The van der Waals surface area contributed by atoms with Crippen LogP contribution in [-0.2, 0) is 6.42 Å². The Labute approximate surface area is 109 Å². The molecule has 0 fully saturated rings. The van der Waals surface area contributed by atoms with Crippen LogP contribution in [0.3, 0.4) is 0 Å². The fourth-order valence-corrected chi connectivity index (χ4v) is 1.83. The fourth-order valence-electron chi connectivity index (χ4n) is 1.45. The van der Waals surface area contributed by atoms with E-state index in [9.17, 15) is 0 Å². The maximum atomic E-state index is 5.36. The summed E-state index contributed by atoms with van der Waals surface area (Å²) in [5.41, 5.74) is 2.52. The van der Waals surface area contributed by atoms with E-state index in [4.69, 9.17) is 10.3 Å². The fraction of sp³-hybridized carbons (Fsp3) is 0.273. The summed E-state index contributed by atoms with van der Waals surface area (Å²) >= 11 is 1.47. The van der Waals surface area contributed by atoms with Crippen molar-refractivity contribution in [3.8, 4) is 0 Å². The second-order valence-electron chi connectivity index (χ2n) is 3.53. The maximum absolute atomic E-state index is 5.36. The van der Waals surface area contributed by atoms with Gasteiger partial charge < -0.3 is 15.2 Å². The van der Waals surface area contributed by atoms with Crippen molar-refractivity contribution in [2.75, 3.05) is 23.5 Å². The smallest absolute Gasteiger partial charge is 0.191 e. The summed E-state index contributed by atoms with van der Waals surface area (Å²) in [5.74, 6) is 7.64. The van der Waals surface area contributed by atoms with E-state index in [1.807, 2.05) is 18.4 Å². The highest BCUT2D eigenvalue weighted by molar-refractivity contribution is 7.98. The molecular weight excluding hydrogens is 250 g/mol. The van der Waals surface area contributed by atoms with Crippen molar-refractivity contribution in [1.29, 1.82) is 0 Å². The third-order valence-electron chi connectivity index (χ3n) is 2.29. The van der Waals surface area contributed by atoms with E-state index in [1.165, 1.54) is 11.8 Å². The number of nitrogens with one attached hydrogen (secondary N) is 2. The van der Waals surface area contributed by atoms with Gasteiger partial charge in [0.25, 0.3) is 0 Å². The number of thioether (sulfide) groups is 1. The summed E-state index contributed by atoms with van der Waals surface area (Å²) in [7, 11) is 0. The minimum absolute atomic E-state index is 0.592. The highest BCUT2D eigenvalue weighted by atomic mass is 32.2. The molecule has 0 aliphatic rings. The van der Waals surface area contributed by atoms with E-state index in [0.717, 1.165) is 24.5 Å². The Morgan fingerprint density at radius 2 is 2.22 bits per heavy atom. The van der Waals surface area contributed by atoms with Gasteiger partial charge in [-0.1, -0.05) is 11.8 Å². The lowest BCUT2D eigenvalue weighted by molar-refractivity contribution is 0.513. The molecule has 0 atom stereocenters. The van der Waals surface area contributed by atoms with Crippen LogP contribution in [0, 0.1) is 0 Å². The third-order valence-corrected chi connectivity index (χ3v) is 2.84. The van der Waals surface area contributed by atoms with Gasteiger partial charge in [-0.25, -0.2) is 15.8 Å². The predicted molar refractivity (Wildman–Crippen MR) is 72.5 cm³/mol. The second-order valence-corrected chi connectivity index (χ2v) is 4.30. The SMILES string of the molecule is CSc1nc(NN)cc(NCCc2ccco2)n1. The molecule has 0 amide bonds. The number of hydrazine groups is 1. The summed E-state index contributed by atoms with van der Waals surface area (Å²) in [5, 5.41) is 3.88. The molecule has 7 heteroatoms. The first kappa shape index (κ1) is 12.7. The van der Waals surface area contributed by atoms with Crippen molar-refractivity contribution in [2.45, 2.75) is 11.6 Å². The molecule has 96 valence electrons. The van der Waals surface area contributed by atoms with Gasteiger partial charge in [0.15, 0.2) is 5.16 Å².